The highest BCUT2D eigenvalue weighted by molar-refractivity contribution is 7.89. The van der Waals surface area contributed by atoms with Crippen molar-refractivity contribution in [2.24, 2.45) is 0 Å². The summed E-state index contributed by atoms with van der Waals surface area (Å²) in [5, 5.41) is 0. The molecule has 0 aromatic carbocycles. The van der Waals surface area contributed by atoms with Gasteiger partial charge in [-0.1, -0.05) is 11.6 Å². The Kier molecular flexibility index (Phi) is 5.49. The highest BCUT2D eigenvalue weighted by Gasteiger charge is 2.28. The fraction of sp³-hybridized carbons (Fsp3) is 0.400. The van der Waals surface area contributed by atoms with Crippen molar-refractivity contribution >= 4 is 38.9 Å². The number of sulfonamides is 1. The largest absolute Gasteiger partial charge is 0.379 e. The Bertz CT molecular complexity index is 856. The summed E-state index contributed by atoms with van der Waals surface area (Å²) in [5.41, 5.74) is 0.233. The zero-order chi connectivity index (χ0) is 18.0. The molecule has 2 aromatic heterocycles. The lowest BCUT2D eigenvalue weighted by atomic mass is 10.3. The number of aromatic nitrogens is 1. The van der Waals surface area contributed by atoms with Gasteiger partial charge in [-0.3, -0.25) is 4.79 Å². The third kappa shape index (κ3) is 4.06. The number of halogens is 1. The average molecular weight is 404 g/mol. The molecule has 0 atom stereocenters. The van der Waals surface area contributed by atoms with E-state index in [2.05, 4.69) is 4.98 Å². The molecule has 0 aliphatic carbocycles. The zero-order valence-corrected chi connectivity index (χ0v) is 16.0. The second-order valence-corrected chi connectivity index (χ2v) is 9.37. The smallest absolute Gasteiger partial charge is 0.270 e. The molecule has 25 heavy (non-hydrogen) atoms. The molecule has 3 heterocycles. The third-order valence-corrected chi connectivity index (χ3v) is 6.96. The molecule has 0 spiro atoms. The van der Waals surface area contributed by atoms with Crippen LogP contribution in [0, 0.1) is 0 Å². The second-order valence-electron chi connectivity index (χ2n) is 5.63. The van der Waals surface area contributed by atoms with Crippen molar-refractivity contribution in [2.75, 3.05) is 33.4 Å². The van der Waals surface area contributed by atoms with Gasteiger partial charge in [0.25, 0.3) is 5.91 Å². The predicted octanol–water partition coefficient (Wildman–Crippen LogP) is 2.02. The van der Waals surface area contributed by atoms with Crippen LogP contribution >= 0.6 is 22.9 Å². The number of thiophene rings is 1. The number of H-pyrrole nitrogens is 1. The molecule has 10 heteroatoms. The molecular weight excluding hydrogens is 386 g/mol. The van der Waals surface area contributed by atoms with Crippen LogP contribution in [0.5, 0.6) is 0 Å². The van der Waals surface area contributed by atoms with Crippen LogP contribution in [-0.4, -0.2) is 61.9 Å². The molecule has 3 rings (SSSR count). The fourth-order valence-electron chi connectivity index (χ4n) is 2.53. The predicted molar refractivity (Wildman–Crippen MR) is 95.5 cm³/mol. The van der Waals surface area contributed by atoms with Gasteiger partial charge in [0.05, 0.1) is 24.1 Å². The molecule has 1 amide bonds. The van der Waals surface area contributed by atoms with Gasteiger partial charge in [0.2, 0.25) is 10.0 Å². The number of rotatable bonds is 5. The second kappa shape index (κ2) is 7.46. The Hall–Kier alpha value is -1.39. The van der Waals surface area contributed by atoms with E-state index in [4.69, 9.17) is 16.3 Å². The number of nitrogens with zero attached hydrogens (tertiary/aromatic N) is 2. The average Bonchev–Trinajstić information content (AvgIpc) is 3.24. The molecule has 0 radical (unpaired) electrons. The summed E-state index contributed by atoms with van der Waals surface area (Å²) in [7, 11) is -1.96. The van der Waals surface area contributed by atoms with E-state index < -0.39 is 10.0 Å². The van der Waals surface area contributed by atoms with Crippen molar-refractivity contribution in [3.63, 3.8) is 0 Å². The molecule has 1 fully saturated rings. The van der Waals surface area contributed by atoms with Gasteiger partial charge in [-0.25, -0.2) is 8.42 Å². The van der Waals surface area contributed by atoms with Gasteiger partial charge in [-0.15, -0.1) is 11.3 Å². The van der Waals surface area contributed by atoms with Gasteiger partial charge in [0.1, 0.15) is 10.6 Å². The maximum absolute atomic E-state index is 12.6. The van der Waals surface area contributed by atoms with Gasteiger partial charge in [0, 0.05) is 31.2 Å². The number of morpholine rings is 1. The van der Waals surface area contributed by atoms with E-state index in [0.29, 0.717) is 37.2 Å². The summed E-state index contributed by atoms with van der Waals surface area (Å²) < 4.78 is 32.4. The number of nitrogens with one attached hydrogen (secondary N) is 1. The Morgan fingerprint density at radius 3 is 2.76 bits per heavy atom. The van der Waals surface area contributed by atoms with Gasteiger partial charge in [0.15, 0.2) is 0 Å². The van der Waals surface area contributed by atoms with E-state index in [-0.39, 0.29) is 16.5 Å². The lowest BCUT2D eigenvalue weighted by molar-refractivity contribution is 0.0730. The molecule has 0 saturated carbocycles. The van der Waals surface area contributed by atoms with Crippen LogP contribution in [0.3, 0.4) is 0 Å². The van der Waals surface area contributed by atoms with Crippen LogP contribution in [0.1, 0.15) is 15.4 Å². The number of carbonyl (C=O) groups excluding carboxylic acids is 1. The summed E-state index contributed by atoms with van der Waals surface area (Å²) in [6, 6.07) is 5.02. The van der Waals surface area contributed by atoms with Crippen molar-refractivity contribution in [1.82, 2.24) is 14.2 Å². The van der Waals surface area contributed by atoms with Crippen LogP contribution in [0.15, 0.2) is 29.3 Å². The lowest BCUT2D eigenvalue weighted by Crippen LogP contribution is -2.40. The van der Waals surface area contributed by atoms with Gasteiger partial charge in [-0.05, 0) is 18.2 Å². The van der Waals surface area contributed by atoms with Crippen LogP contribution in [0.25, 0.3) is 0 Å². The Balaban J connectivity index is 1.72. The number of hydrogen-bond acceptors (Lipinski definition) is 5. The minimum atomic E-state index is -3.62. The zero-order valence-electron chi connectivity index (χ0n) is 13.6. The summed E-state index contributed by atoms with van der Waals surface area (Å²) in [6.07, 6.45) is 1.36. The molecule has 136 valence electrons. The first-order valence-electron chi connectivity index (χ1n) is 7.64. The Morgan fingerprint density at radius 1 is 1.40 bits per heavy atom. The Labute approximate surface area is 155 Å². The SMILES string of the molecule is CN(Cc1ccc(Cl)s1)C(=O)c1cc(S(=O)(=O)N2CCOCC2)c[nH]1. The third-order valence-electron chi connectivity index (χ3n) is 3.86. The van der Waals surface area contributed by atoms with Gasteiger partial charge in [-0.2, -0.15) is 4.31 Å². The number of aromatic amines is 1. The summed E-state index contributed by atoms with van der Waals surface area (Å²) in [6.45, 7) is 1.79. The van der Waals surface area contributed by atoms with E-state index in [1.807, 2.05) is 6.07 Å². The van der Waals surface area contributed by atoms with Gasteiger partial charge < -0.3 is 14.6 Å². The van der Waals surface area contributed by atoms with Crippen LogP contribution < -0.4 is 0 Å². The first-order chi connectivity index (χ1) is 11.9. The minimum absolute atomic E-state index is 0.0883. The van der Waals surface area contributed by atoms with Crippen molar-refractivity contribution in [3.8, 4) is 0 Å². The molecule has 7 nitrogen and oxygen atoms in total. The Morgan fingerprint density at radius 2 is 2.12 bits per heavy atom. The van der Waals surface area contributed by atoms with E-state index in [1.165, 1.54) is 32.8 Å². The first kappa shape index (κ1) is 18.4. The highest BCUT2D eigenvalue weighted by atomic mass is 35.5. The molecule has 1 saturated heterocycles. The van der Waals surface area contributed by atoms with E-state index in [0.717, 1.165) is 4.88 Å². The number of ether oxygens (including phenoxy) is 1. The van der Waals surface area contributed by atoms with E-state index in [9.17, 15) is 13.2 Å². The maximum Gasteiger partial charge on any atom is 0.270 e. The quantitative estimate of drug-likeness (QED) is 0.827. The van der Waals surface area contributed by atoms with Crippen LogP contribution in [0.2, 0.25) is 4.34 Å². The fourth-order valence-corrected chi connectivity index (χ4v) is 5.07. The number of carbonyl (C=O) groups is 1. The summed E-state index contributed by atoms with van der Waals surface area (Å²) >= 11 is 7.30. The monoisotopic (exact) mass is 403 g/mol. The normalized spacial score (nSPS) is 16.1. The molecule has 1 N–H and O–H groups in total. The molecule has 0 bridgehead atoms. The summed E-state index contributed by atoms with van der Waals surface area (Å²) in [5.74, 6) is -0.284. The van der Waals surface area contributed by atoms with Gasteiger partial charge >= 0.3 is 0 Å². The van der Waals surface area contributed by atoms with Crippen molar-refractivity contribution in [3.05, 3.63) is 39.3 Å². The highest BCUT2D eigenvalue weighted by Crippen LogP contribution is 2.23. The molecule has 1 aliphatic rings. The van der Waals surface area contributed by atoms with Crippen LogP contribution in [-0.2, 0) is 21.3 Å². The topological polar surface area (TPSA) is 82.7 Å². The van der Waals surface area contributed by atoms with Crippen molar-refractivity contribution < 1.29 is 17.9 Å². The standard InChI is InChI=1S/C15H18ClN3O4S2/c1-18(10-11-2-3-14(16)24-11)15(20)13-8-12(9-17-13)25(21,22)19-4-6-23-7-5-19/h2-3,8-9,17H,4-7,10H2,1H3. The minimum Gasteiger partial charge on any atom is -0.379 e. The maximum atomic E-state index is 12.6. The van der Waals surface area contributed by atoms with E-state index in [1.54, 1.807) is 13.1 Å². The number of hydrogen-bond donors (Lipinski definition) is 1. The number of amides is 1. The molecule has 2 aromatic rings. The van der Waals surface area contributed by atoms with E-state index >= 15 is 0 Å². The lowest BCUT2D eigenvalue weighted by Gasteiger charge is -2.25. The molecule has 1 aliphatic heterocycles. The summed E-state index contributed by atoms with van der Waals surface area (Å²) in [4.78, 5) is 17.8. The van der Waals surface area contributed by atoms with Crippen molar-refractivity contribution in [1.29, 1.82) is 0 Å². The first-order valence-corrected chi connectivity index (χ1v) is 10.3. The molecular formula is C15H18ClN3O4S2. The molecule has 0 unspecified atom stereocenters. The van der Waals surface area contributed by atoms with Crippen molar-refractivity contribution in [2.45, 2.75) is 11.4 Å². The van der Waals surface area contributed by atoms with Crippen LogP contribution in [0.4, 0.5) is 0 Å².